The second-order valence-electron chi connectivity index (χ2n) is 5.88. The molecule has 1 amide bonds. The average molecular weight is 276 g/mol. The fourth-order valence-electron chi connectivity index (χ4n) is 2.99. The van der Waals surface area contributed by atoms with E-state index < -0.39 is 6.09 Å². The molecule has 1 saturated heterocycles. The minimum atomic E-state index is -0.852. The van der Waals surface area contributed by atoms with E-state index in [4.69, 9.17) is 0 Å². The average Bonchev–Trinajstić information content (AvgIpc) is 3.22. The standard InChI is InChI=1S/C14H20N4O2/c1-9-7-17(8-10(2)18(9)14(19)20)13-15-5-12(6-16-13)11-3-4-11/h5-6,9-11H,3-4,7-8H2,1-2H3,(H,19,20)/t9-,10?/m1/s1. The molecule has 1 aromatic heterocycles. The Bertz CT molecular complexity index is 488. The van der Waals surface area contributed by atoms with Gasteiger partial charge in [-0.2, -0.15) is 0 Å². The summed E-state index contributed by atoms with van der Waals surface area (Å²) in [5.41, 5.74) is 1.22. The van der Waals surface area contributed by atoms with Crippen LogP contribution in [0.25, 0.3) is 0 Å². The van der Waals surface area contributed by atoms with Crippen molar-refractivity contribution in [2.45, 2.75) is 44.7 Å². The van der Waals surface area contributed by atoms with Crippen LogP contribution in [0.1, 0.15) is 38.2 Å². The molecule has 2 heterocycles. The summed E-state index contributed by atoms with van der Waals surface area (Å²) in [6.07, 6.45) is 5.47. The van der Waals surface area contributed by atoms with E-state index in [9.17, 15) is 9.90 Å². The molecule has 1 unspecified atom stereocenters. The first kappa shape index (κ1) is 13.1. The zero-order valence-corrected chi connectivity index (χ0v) is 11.9. The van der Waals surface area contributed by atoms with Gasteiger partial charge in [-0.1, -0.05) is 0 Å². The lowest BCUT2D eigenvalue weighted by Crippen LogP contribution is -2.58. The van der Waals surface area contributed by atoms with E-state index in [1.165, 1.54) is 23.3 Å². The van der Waals surface area contributed by atoms with Gasteiger partial charge in [-0.3, -0.25) is 4.90 Å². The molecule has 0 aromatic carbocycles. The van der Waals surface area contributed by atoms with Crippen LogP contribution in [0.15, 0.2) is 12.4 Å². The van der Waals surface area contributed by atoms with Crippen LogP contribution < -0.4 is 4.90 Å². The van der Waals surface area contributed by atoms with E-state index in [1.807, 2.05) is 26.2 Å². The number of amides is 1. The van der Waals surface area contributed by atoms with Crippen molar-refractivity contribution in [2.24, 2.45) is 0 Å². The molecule has 0 spiro atoms. The van der Waals surface area contributed by atoms with Crippen LogP contribution >= 0.6 is 0 Å². The third-order valence-electron chi connectivity index (χ3n) is 4.13. The number of hydrogen-bond donors (Lipinski definition) is 1. The summed E-state index contributed by atoms with van der Waals surface area (Å²) in [5, 5.41) is 9.22. The molecule has 2 atom stereocenters. The monoisotopic (exact) mass is 276 g/mol. The summed E-state index contributed by atoms with van der Waals surface area (Å²) in [6.45, 7) is 5.13. The molecule has 1 saturated carbocycles. The Kier molecular flexibility index (Phi) is 3.23. The van der Waals surface area contributed by atoms with Gasteiger partial charge in [0.15, 0.2) is 0 Å². The molecule has 6 heteroatoms. The van der Waals surface area contributed by atoms with Gasteiger partial charge in [0, 0.05) is 25.5 Å². The maximum absolute atomic E-state index is 11.2. The molecule has 3 rings (SSSR count). The number of aromatic nitrogens is 2. The zero-order valence-electron chi connectivity index (χ0n) is 11.9. The van der Waals surface area contributed by atoms with Crippen molar-refractivity contribution in [3.8, 4) is 0 Å². The van der Waals surface area contributed by atoms with Crippen molar-refractivity contribution >= 4 is 12.0 Å². The van der Waals surface area contributed by atoms with E-state index in [1.54, 1.807) is 0 Å². The summed E-state index contributed by atoms with van der Waals surface area (Å²) >= 11 is 0. The Labute approximate surface area is 118 Å². The van der Waals surface area contributed by atoms with Crippen LogP contribution in [0.2, 0.25) is 0 Å². The molecule has 1 aromatic rings. The predicted molar refractivity (Wildman–Crippen MR) is 75.0 cm³/mol. The summed E-state index contributed by atoms with van der Waals surface area (Å²) in [4.78, 5) is 23.7. The summed E-state index contributed by atoms with van der Waals surface area (Å²) < 4.78 is 0. The third-order valence-corrected chi connectivity index (χ3v) is 4.13. The lowest BCUT2D eigenvalue weighted by molar-refractivity contribution is 0.0979. The number of piperazine rings is 1. The van der Waals surface area contributed by atoms with Crippen LogP contribution in [0.3, 0.4) is 0 Å². The van der Waals surface area contributed by atoms with Crippen LogP contribution in [0.4, 0.5) is 10.7 Å². The summed E-state index contributed by atoms with van der Waals surface area (Å²) in [7, 11) is 0. The van der Waals surface area contributed by atoms with Crippen LogP contribution in [-0.2, 0) is 0 Å². The van der Waals surface area contributed by atoms with Crippen LogP contribution in [0, 0.1) is 0 Å². The molecule has 2 aliphatic rings. The Hall–Kier alpha value is -1.85. The van der Waals surface area contributed by atoms with Gasteiger partial charge >= 0.3 is 6.09 Å². The van der Waals surface area contributed by atoms with Crippen molar-refractivity contribution in [3.63, 3.8) is 0 Å². The summed E-state index contributed by atoms with van der Waals surface area (Å²) in [5.74, 6) is 1.36. The minimum Gasteiger partial charge on any atom is -0.465 e. The Morgan fingerprint density at radius 3 is 2.20 bits per heavy atom. The minimum absolute atomic E-state index is 0.0528. The summed E-state index contributed by atoms with van der Waals surface area (Å²) in [6, 6.07) is -0.106. The normalized spacial score (nSPS) is 26.7. The molecule has 1 aliphatic carbocycles. The quantitative estimate of drug-likeness (QED) is 0.893. The van der Waals surface area contributed by atoms with Crippen molar-refractivity contribution in [2.75, 3.05) is 18.0 Å². The predicted octanol–water partition coefficient (Wildman–Crippen LogP) is 1.93. The molecule has 1 aliphatic heterocycles. The Balaban J connectivity index is 1.73. The molecule has 2 fully saturated rings. The highest BCUT2D eigenvalue weighted by molar-refractivity contribution is 5.66. The number of rotatable bonds is 2. The largest absolute Gasteiger partial charge is 0.465 e. The second-order valence-corrected chi connectivity index (χ2v) is 5.88. The molecule has 0 radical (unpaired) electrons. The Morgan fingerprint density at radius 2 is 1.75 bits per heavy atom. The van der Waals surface area contributed by atoms with E-state index in [0.29, 0.717) is 25.0 Å². The van der Waals surface area contributed by atoms with Gasteiger partial charge in [0.1, 0.15) is 0 Å². The van der Waals surface area contributed by atoms with Gasteiger partial charge < -0.3 is 10.0 Å². The lowest BCUT2D eigenvalue weighted by Gasteiger charge is -2.42. The van der Waals surface area contributed by atoms with E-state index in [0.717, 1.165) is 0 Å². The lowest BCUT2D eigenvalue weighted by atomic mass is 10.1. The number of nitrogens with zero attached hydrogens (tertiary/aromatic N) is 4. The maximum Gasteiger partial charge on any atom is 0.407 e. The zero-order chi connectivity index (χ0) is 14.3. The SMILES string of the molecule is CC1CN(c2ncc(C3CC3)cn2)C[C@@H](C)N1C(=O)O. The Morgan fingerprint density at radius 1 is 1.20 bits per heavy atom. The maximum atomic E-state index is 11.2. The fraction of sp³-hybridized carbons (Fsp3) is 0.643. The van der Waals surface area contributed by atoms with E-state index in [-0.39, 0.29) is 12.1 Å². The van der Waals surface area contributed by atoms with Crippen molar-refractivity contribution in [1.82, 2.24) is 14.9 Å². The van der Waals surface area contributed by atoms with Gasteiger partial charge in [-0.15, -0.1) is 0 Å². The third kappa shape index (κ3) is 2.42. The first-order valence-corrected chi connectivity index (χ1v) is 7.14. The highest BCUT2D eigenvalue weighted by Crippen LogP contribution is 2.39. The molecule has 0 bridgehead atoms. The number of anilines is 1. The number of carboxylic acid groups (broad SMARTS) is 1. The highest BCUT2D eigenvalue weighted by Gasteiger charge is 2.34. The molecule has 108 valence electrons. The topological polar surface area (TPSA) is 69.6 Å². The van der Waals surface area contributed by atoms with Gasteiger partial charge in [0.05, 0.1) is 12.1 Å². The first-order valence-electron chi connectivity index (χ1n) is 7.14. The van der Waals surface area contributed by atoms with Crippen LogP contribution in [-0.4, -0.2) is 51.2 Å². The molecule has 1 N–H and O–H groups in total. The fourth-order valence-corrected chi connectivity index (χ4v) is 2.99. The highest BCUT2D eigenvalue weighted by atomic mass is 16.4. The van der Waals surface area contributed by atoms with E-state index in [2.05, 4.69) is 14.9 Å². The van der Waals surface area contributed by atoms with Gasteiger partial charge in [-0.05, 0) is 38.2 Å². The van der Waals surface area contributed by atoms with Crippen molar-refractivity contribution < 1.29 is 9.90 Å². The van der Waals surface area contributed by atoms with Crippen molar-refractivity contribution in [1.29, 1.82) is 0 Å². The number of carbonyl (C=O) groups is 1. The number of hydrogen-bond acceptors (Lipinski definition) is 4. The molecular weight excluding hydrogens is 256 g/mol. The van der Waals surface area contributed by atoms with Gasteiger partial charge in [0.2, 0.25) is 5.95 Å². The van der Waals surface area contributed by atoms with Gasteiger partial charge in [-0.25, -0.2) is 14.8 Å². The van der Waals surface area contributed by atoms with Gasteiger partial charge in [0.25, 0.3) is 0 Å². The van der Waals surface area contributed by atoms with Crippen LogP contribution in [0.5, 0.6) is 0 Å². The molecule has 6 nitrogen and oxygen atoms in total. The molecular formula is C14H20N4O2. The van der Waals surface area contributed by atoms with Crippen molar-refractivity contribution in [3.05, 3.63) is 18.0 Å². The molecule has 20 heavy (non-hydrogen) atoms. The first-order chi connectivity index (χ1) is 9.56. The smallest absolute Gasteiger partial charge is 0.407 e. The van der Waals surface area contributed by atoms with E-state index >= 15 is 0 Å². The second kappa shape index (κ2) is 4.92.